The van der Waals surface area contributed by atoms with Crippen molar-refractivity contribution in [1.29, 1.82) is 0 Å². The van der Waals surface area contributed by atoms with Gasteiger partial charge in [-0.3, -0.25) is 20.1 Å². The van der Waals surface area contributed by atoms with Crippen molar-refractivity contribution in [3.8, 4) is 0 Å². The molecule has 2 aromatic heterocycles. The van der Waals surface area contributed by atoms with Gasteiger partial charge in [-0.2, -0.15) is 0 Å². The molecule has 0 aliphatic carbocycles. The summed E-state index contributed by atoms with van der Waals surface area (Å²) in [7, 11) is 3.29. The third-order valence-corrected chi connectivity index (χ3v) is 2.96. The van der Waals surface area contributed by atoms with E-state index in [4.69, 9.17) is 5.73 Å². The van der Waals surface area contributed by atoms with Crippen LogP contribution in [0.2, 0.25) is 0 Å². The number of aromatic nitrogens is 2. The molecule has 8 heteroatoms. The Hall–Kier alpha value is -3.03. The Labute approximate surface area is 120 Å². The van der Waals surface area contributed by atoms with Crippen LogP contribution in [0.5, 0.6) is 0 Å². The van der Waals surface area contributed by atoms with Gasteiger partial charge in [-0.05, 0) is 12.1 Å². The van der Waals surface area contributed by atoms with Gasteiger partial charge in [0.2, 0.25) is 6.41 Å². The Bertz CT molecular complexity index is 713. The molecule has 3 N–H and O–H groups in total. The molecular formula is C13H14N5O3. The van der Waals surface area contributed by atoms with E-state index in [0.29, 0.717) is 23.5 Å². The van der Waals surface area contributed by atoms with E-state index in [0.717, 1.165) is 0 Å². The van der Waals surface area contributed by atoms with Crippen LogP contribution >= 0.6 is 0 Å². The third-order valence-electron chi connectivity index (χ3n) is 2.96. The molecule has 0 aliphatic heterocycles. The molecule has 0 atom stereocenters. The molecule has 0 unspecified atom stereocenters. The summed E-state index contributed by atoms with van der Waals surface area (Å²) in [6.45, 7) is 0. The number of rotatable bonds is 5. The molecule has 2 rings (SSSR count). The van der Waals surface area contributed by atoms with Crippen LogP contribution < -0.4 is 16.4 Å². The van der Waals surface area contributed by atoms with Gasteiger partial charge in [-0.1, -0.05) is 0 Å². The van der Waals surface area contributed by atoms with Crippen LogP contribution in [0.15, 0.2) is 24.5 Å². The van der Waals surface area contributed by atoms with Crippen LogP contribution in [-0.4, -0.2) is 27.4 Å². The molecule has 109 valence electrons. The highest BCUT2D eigenvalue weighted by molar-refractivity contribution is 6.04. The molecule has 2 heterocycles. The van der Waals surface area contributed by atoms with Crippen LogP contribution in [0.3, 0.4) is 0 Å². The molecule has 2 aromatic rings. The van der Waals surface area contributed by atoms with Crippen molar-refractivity contribution in [1.82, 2.24) is 14.9 Å². The SMILES string of the molecule is Cn1cc(NC(=O)c2cc(NC=O)cn2C)cc1C([NH])=O. The maximum absolute atomic E-state index is 12.2. The van der Waals surface area contributed by atoms with Crippen molar-refractivity contribution in [2.75, 3.05) is 10.6 Å². The van der Waals surface area contributed by atoms with Gasteiger partial charge < -0.3 is 19.8 Å². The number of hydrogen-bond donors (Lipinski definition) is 2. The predicted molar refractivity (Wildman–Crippen MR) is 75.9 cm³/mol. The third kappa shape index (κ3) is 2.94. The van der Waals surface area contributed by atoms with Crippen molar-refractivity contribution >= 4 is 29.6 Å². The van der Waals surface area contributed by atoms with Crippen LogP contribution in [0, 0.1) is 0 Å². The summed E-state index contributed by atoms with van der Waals surface area (Å²) in [6, 6.07) is 2.96. The van der Waals surface area contributed by atoms with E-state index in [1.165, 1.54) is 16.7 Å². The molecule has 3 amide bonds. The summed E-state index contributed by atoms with van der Waals surface area (Å²) in [5.41, 5.74) is 8.54. The summed E-state index contributed by atoms with van der Waals surface area (Å²) in [5.74, 6) is -1.21. The smallest absolute Gasteiger partial charge is 0.286 e. The zero-order chi connectivity index (χ0) is 15.6. The largest absolute Gasteiger partial charge is 0.344 e. The van der Waals surface area contributed by atoms with Crippen LogP contribution in [0.1, 0.15) is 21.0 Å². The van der Waals surface area contributed by atoms with E-state index in [-0.39, 0.29) is 11.6 Å². The second-order valence-electron chi connectivity index (χ2n) is 4.50. The minimum atomic E-state index is -0.825. The molecule has 8 nitrogen and oxygen atoms in total. The lowest BCUT2D eigenvalue weighted by molar-refractivity contribution is -0.105. The van der Waals surface area contributed by atoms with Crippen LogP contribution in [-0.2, 0) is 18.9 Å². The second kappa shape index (κ2) is 5.53. The fraction of sp³-hybridized carbons (Fsp3) is 0.154. The normalized spacial score (nSPS) is 10.2. The lowest BCUT2D eigenvalue weighted by Gasteiger charge is -2.03. The molecule has 21 heavy (non-hydrogen) atoms. The molecule has 1 radical (unpaired) electrons. The monoisotopic (exact) mass is 288 g/mol. The molecule has 0 aromatic carbocycles. The fourth-order valence-electron chi connectivity index (χ4n) is 1.99. The number of carbonyl (C=O) groups is 3. The van der Waals surface area contributed by atoms with Crippen molar-refractivity contribution in [3.63, 3.8) is 0 Å². The standard InChI is InChI=1S/C13H14N5O3/c1-17-6-9(4-10(17)12(14)20)16-13(21)11-3-8(15-7-19)5-18(11)2/h3-7,14H,1-2H3,(H,15,19)(H,16,21). The first-order valence-electron chi connectivity index (χ1n) is 6.02. The number of nitrogens with one attached hydrogen (secondary N) is 3. The van der Waals surface area contributed by atoms with Crippen molar-refractivity contribution in [2.45, 2.75) is 0 Å². The van der Waals surface area contributed by atoms with E-state index >= 15 is 0 Å². The lowest BCUT2D eigenvalue weighted by atomic mass is 10.3. The average molecular weight is 288 g/mol. The first kappa shape index (κ1) is 14.4. The fourth-order valence-corrected chi connectivity index (χ4v) is 1.99. The highest BCUT2D eigenvalue weighted by Crippen LogP contribution is 2.16. The van der Waals surface area contributed by atoms with Gasteiger partial charge in [-0.25, -0.2) is 0 Å². The summed E-state index contributed by atoms with van der Waals surface area (Å²) in [4.78, 5) is 33.6. The van der Waals surface area contributed by atoms with Crippen molar-refractivity contribution in [3.05, 3.63) is 35.9 Å². The van der Waals surface area contributed by atoms with E-state index in [1.54, 1.807) is 31.1 Å². The highest BCUT2D eigenvalue weighted by atomic mass is 16.2. The summed E-state index contributed by atoms with van der Waals surface area (Å²) < 4.78 is 3.04. The number of anilines is 2. The van der Waals surface area contributed by atoms with Gasteiger partial charge in [-0.15, -0.1) is 0 Å². The Balaban J connectivity index is 2.19. The molecule has 0 aliphatic rings. The van der Waals surface area contributed by atoms with E-state index < -0.39 is 5.91 Å². The van der Waals surface area contributed by atoms with Gasteiger partial charge in [0.1, 0.15) is 11.4 Å². The molecular weight excluding hydrogens is 274 g/mol. The Morgan fingerprint density at radius 1 is 1.10 bits per heavy atom. The van der Waals surface area contributed by atoms with Crippen LogP contribution in [0.25, 0.3) is 0 Å². The lowest BCUT2D eigenvalue weighted by Crippen LogP contribution is -2.14. The number of nitrogens with zero attached hydrogens (tertiary/aromatic N) is 2. The quantitative estimate of drug-likeness (QED) is 0.786. The minimum Gasteiger partial charge on any atom is -0.344 e. The Morgan fingerprint density at radius 2 is 1.67 bits per heavy atom. The zero-order valence-electron chi connectivity index (χ0n) is 11.5. The van der Waals surface area contributed by atoms with Gasteiger partial charge in [0.25, 0.3) is 11.8 Å². The first-order chi connectivity index (χ1) is 9.92. The molecule has 0 saturated carbocycles. The summed E-state index contributed by atoms with van der Waals surface area (Å²) >= 11 is 0. The summed E-state index contributed by atoms with van der Waals surface area (Å²) in [5, 5.41) is 5.10. The van der Waals surface area contributed by atoms with Crippen LogP contribution in [0.4, 0.5) is 11.4 Å². The number of carbonyl (C=O) groups excluding carboxylic acids is 3. The first-order valence-corrected chi connectivity index (χ1v) is 6.02. The number of hydrogen-bond acceptors (Lipinski definition) is 3. The van der Waals surface area contributed by atoms with Crippen molar-refractivity contribution in [2.24, 2.45) is 14.1 Å². The average Bonchev–Trinajstić information content (AvgIpc) is 2.93. The molecule has 0 bridgehead atoms. The minimum absolute atomic E-state index is 0.181. The Kier molecular flexibility index (Phi) is 3.79. The van der Waals surface area contributed by atoms with Crippen molar-refractivity contribution < 1.29 is 14.4 Å². The molecule has 0 fully saturated rings. The zero-order valence-corrected chi connectivity index (χ0v) is 11.5. The number of aryl methyl sites for hydroxylation is 2. The predicted octanol–water partition coefficient (Wildman–Crippen LogP) is 0.607. The molecule has 0 spiro atoms. The summed E-state index contributed by atoms with van der Waals surface area (Å²) in [6.07, 6.45) is 3.68. The highest BCUT2D eigenvalue weighted by Gasteiger charge is 2.15. The Morgan fingerprint density at radius 3 is 2.24 bits per heavy atom. The van der Waals surface area contributed by atoms with Gasteiger partial charge in [0, 0.05) is 26.5 Å². The van der Waals surface area contributed by atoms with Gasteiger partial charge in [0.15, 0.2) is 0 Å². The van der Waals surface area contributed by atoms with E-state index in [2.05, 4.69) is 10.6 Å². The second-order valence-corrected chi connectivity index (χ2v) is 4.50. The number of amides is 3. The maximum atomic E-state index is 12.2. The van der Waals surface area contributed by atoms with Gasteiger partial charge in [0.05, 0.1) is 11.4 Å². The topological polar surface area (TPSA) is 109 Å². The molecule has 0 saturated heterocycles. The van der Waals surface area contributed by atoms with E-state index in [1.807, 2.05) is 0 Å². The van der Waals surface area contributed by atoms with Gasteiger partial charge >= 0.3 is 0 Å². The maximum Gasteiger partial charge on any atom is 0.286 e. The van der Waals surface area contributed by atoms with E-state index in [9.17, 15) is 14.4 Å².